The molecule has 1 aromatic carbocycles. The van der Waals surface area contributed by atoms with E-state index in [-0.39, 0.29) is 4.88 Å². The number of hydrogen-bond acceptors (Lipinski definition) is 8. The van der Waals surface area contributed by atoms with Gasteiger partial charge < -0.3 is 26.2 Å². The second kappa shape index (κ2) is 11.5. The Bertz CT molecular complexity index is 1400. The highest BCUT2D eigenvalue weighted by molar-refractivity contribution is 7.21. The quantitative estimate of drug-likeness (QED) is 0.241. The van der Waals surface area contributed by atoms with Gasteiger partial charge in [-0.2, -0.15) is 0 Å². The largest absolute Gasteiger partial charge is 0.477 e. The van der Waals surface area contributed by atoms with Gasteiger partial charge in [-0.1, -0.05) is 37.6 Å². The van der Waals surface area contributed by atoms with Gasteiger partial charge in [0.2, 0.25) is 0 Å². The van der Waals surface area contributed by atoms with Crippen LogP contribution in [0.5, 0.6) is 0 Å². The van der Waals surface area contributed by atoms with Crippen LogP contribution in [0.15, 0.2) is 54.9 Å². The van der Waals surface area contributed by atoms with Crippen molar-refractivity contribution in [1.82, 2.24) is 15.3 Å². The van der Waals surface area contributed by atoms with Crippen molar-refractivity contribution in [2.75, 3.05) is 30.3 Å². The van der Waals surface area contributed by atoms with Gasteiger partial charge in [-0.15, -0.1) is 11.3 Å². The summed E-state index contributed by atoms with van der Waals surface area (Å²) in [5.41, 5.74) is 10.7. The molecule has 0 bridgehead atoms. The van der Waals surface area contributed by atoms with Crippen LogP contribution in [0.2, 0.25) is 0 Å². The molecule has 0 radical (unpaired) electrons. The number of nitrogens with zero attached hydrogens (tertiary/aromatic N) is 3. The number of carbonyl (C=O) groups is 1. The van der Waals surface area contributed by atoms with Crippen LogP contribution in [-0.4, -0.2) is 51.8 Å². The lowest BCUT2D eigenvalue weighted by atomic mass is 10.0. The molecule has 8 nitrogen and oxygen atoms in total. The highest BCUT2D eigenvalue weighted by Crippen LogP contribution is 2.37. The summed E-state index contributed by atoms with van der Waals surface area (Å²) in [6, 6.07) is 14.4. The number of aromatic nitrogens is 2. The van der Waals surface area contributed by atoms with Crippen LogP contribution in [0.25, 0.3) is 21.3 Å². The molecule has 0 spiro atoms. The molecule has 1 unspecified atom stereocenters. The number of piperidine rings is 1. The van der Waals surface area contributed by atoms with Crippen molar-refractivity contribution in [2.24, 2.45) is 0 Å². The zero-order valence-corrected chi connectivity index (χ0v) is 22.2. The van der Waals surface area contributed by atoms with Gasteiger partial charge in [0.05, 0.1) is 11.8 Å². The molecule has 1 aliphatic rings. The summed E-state index contributed by atoms with van der Waals surface area (Å²) in [6.07, 6.45) is 6.61. The van der Waals surface area contributed by atoms with Crippen LogP contribution in [0, 0.1) is 0 Å². The number of aliphatic hydroxyl groups is 1. The molecule has 0 saturated carbocycles. The third-order valence-corrected chi connectivity index (χ3v) is 8.30. The second-order valence-corrected chi connectivity index (χ2v) is 10.8. The third kappa shape index (κ3) is 5.50. The van der Waals surface area contributed by atoms with Gasteiger partial charge in [0.1, 0.15) is 15.5 Å². The molecule has 0 aliphatic carbocycles. The Balaban J connectivity index is 1.19. The first-order valence-electron chi connectivity index (χ1n) is 13.1. The number of thiophene rings is 1. The first-order valence-corrected chi connectivity index (χ1v) is 13.9. The van der Waals surface area contributed by atoms with E-state index in [1.807, 2.05) is 36.4 Å². The van der Waals surface area contributed by atoms with Crippen molar-refractivity contribution in [3.05, 3.63) is 70.9 Å². The average Bonchev–Trinajstić information content (AvgIpc) is 3.29. The molecule has 1 saturated heterocycles. The molecular weight excluding hydrogens is 498 g/mol. The number of aryl methyl sites for hydroxylation is 1. The van der Waals surface area contributed by atoms with E-state index in [4.69, 9.17) is 10.7 Å². The molecule has 3 aromatic heterocycles. The summed E-state index contributed by atoms with van der Waals surface area (Å²) in [4.78, 5) is 23.6. The molecule has 1 fully saturated rings. The van der Waals surface area contributed by atoms with Gasteiger partial charge in [0.15, 0.2) is 0 Å². The number of fused-ring (bicyclic) bond motifs is 1. The molecule has 1 aliphatic heterocycles. The minimum absolute atomic E-state index is 0.162. The van der Waals surface area contributed by atoms with Crippen molar-refractivity contribution in [3.8, 4) is 11.1 Å². The number of nitrogens with two attached hydrogens (primary N) is 1. The number of aromatic carboxylic acids is 1. The maximum Gasteiger partial charge on any atom is 0.348 e. The lowest BCUT2D eigenvalue weighted by Gasteiger charge is -2.34. The fourth-order valence-corrected chi connectivity index (χ4v) is 6.10. The predicted molar refractivity (Wildman–Crippen MR) is 153 cm³/mol. The van der Waals surface area contributed by atoms with Gasteiger partial charge in [-0.25, -0.2) is 9.78 Å². The standard InChI is InChI=1S/C29H33N5O3S/c1-2-3-21-16-24(33-28-25(21)26(30)27(38-28)29(36)37)34-14-10-22(11-15-34)32-17-23(35)20-6-4-18(5-7-20)19-8-12-31-13-9-19/h4-9,12-13,16,22-23,32,35H,2-3,10-11,14-15,17,30H2,1H3,(H,36,37). The van der Waals surface area contributed by atoms with Gasteiger partial charge in [0, 0.05) is 43.5 Å². The highest BCUT2D eigenvalue weighted by Gasteiger charge is 2.24. The molecular formula is C29H33N5O3S. The Morgan fingerprint density at radius 1 is 1.16 bits per heavy atom. The lowest BCUT2D eigenvalue weighted by molar-refractivity contribution is 0.0703. The third-order valence-electron chi connectivity index (χ3n) is 7.21. The number of anilines is 2. The zero-order chi connectivity index (χ0) is 26.6. The van der Waals surface area contributed by atoms with Crippen molar-refractivity contribution >= 4 is 39.0 Å². The Hall–Kier alpha value is -3.53. The van der Waals surface area contributed by atoms with Crippen LogP contribution in [0.1, 0.15) is 53.1 Å². The monoisotopic (exact) mass is 531 g/mol. The van der Waals surface area contributed by atoms with Gasteiger partial charge in [-0.3, -0.25) is 4.98 Å². The number of hydrogen-bond donors (Lipinski definition) is 4. The van der Waals surface area contributed by atoms with Crippen LogP contribution < -0.4 is 16.0 Å². The van der Waals surface area contributed by atoms with Gasteiger partial charge >= 0.3 is 5.97 Å². The smallest absolute Gasteiger partial charge is 0.348 e. The Labute approximate surface area is 226 Å². The number of carboxylic acids is 1. The summed E-state index contributed by atoms with van der Waals surface area (Å²) in [5.74, 6) is -0.125. The lowest BCUT2D eigenvalue weighted by Crippen LogP contribution is -2.44. The topological polar surface area (TPSA) is 125 Å². The molecule has 4 aromatic rings. The molecule has 5 N–H and O–H groups in total. The molecule has 0 amide bonds. The van der Waals surface area contributed by atoms with Crippen molar-refractivity contribution < 1.29 is 15.0 Å². The summed E-state index contributed by atoms with van der Waals surface area (Å²) in [5, 5.41) is 24.6. The first-order chi connectivity index (χ1) is 18.4. The van der Waals surface area contributed by atoms with Crippen molar-refractivity contribution in [1.29, 1.82) is 0 Å². The Kier molecular flexibility index (Phi) is 7.87. The highest BCUT2D eigenvalue weighted by atomic mass is 32.1. The molecule has 1 atom stereocenters. The summed E-state index contributed by atoms with van der Waals surface area (Å²) >= 11 is 1.15. The minimum atomic E-state index is -1.01. The maximum atomic E-state index is 11.6. The van der Waals surface area contributed by atoms with E-state index in [9.17, 15) is 15.0 Å². The number of aliphatic hydroxyl groups excluding tert-OH is 1. The normalized spacial score (nSPS) is 15.2. The van der Waals surface area contributed by atoms with E-state index < -0.39 is 12.1 Å². The second-order valence-electron chi connectivity index (χ2n) is 9.76. The number of nitrogens with one attached hydrogen (secondary N) is 1. The molecule has 38 heavy (non-hydrogen) atoms. The van der Waals surface area contributed by atoms with E-state index >= 15 is 0 Å². The van der Waals surface area contributed by atoms with E-state index in [1.54, 1.807) is 12.4 Å². The van der Waals surface area contributed by atoms with Crippen molar-refractivity contribution in [2.45, 2.75) is 44.8 Å². The summed E-state index contributed by atoms with van der Waals surface area (Å²) in [6.45, 7) is 4.28. The maximum absolute atomic E-state index is 11.6. The van der Waals surface area contributed by atoms with Gasteiger partial charge in [-0.05, 0) is 59.7 Å². The molecule has 9 heteroatoms. The molecule has 4 heterocycles. The summed E-state index contributed by atoms with van der Waals surface area (Å²) < 4.78 is 0. The van der Waals surface area contributed by atoms with Gasteiger partial charge in [0.25, 0.3) is 0 Å². The fraction of sp³-hybridized carbons (Fsp3) is 0.345. The van der Waals surface area contributed by atoms with Crippen LogP contribution in [0.3, 0.4) is 0 Å². The van der Waals surface area contributed by atoms with Crippen LogP contribution in [-0.2, 0) is 6.42 Å². The van der Waals surface area contributed by atoms with E-state index in [1.165, 1.54) is 0 Å². The van der Waals surface area contributed by atoms with Crippen LogP contribution >= 0.6 is 11.3 Å². The molecule has 5 rings (SSSR count). The first kappa shape index (κ1) is 26.1. The Morgan fingerprint density at radius 2 is 1.84 bits per heavy atom. The number of carboxylic acid groups (broad SMARTS) is 1. The van der Waals surface area contributed by atoms with E-state index in [0.717, 1.165) is 83.6 Å². The molecule has 198 valence electrons. The minimum Gasteiger partial charge on any atom is -0.477 e. The van der Waals surface area contributed by atoms with E-state index in [2.05, 4.69) is 28.2 Å². The Morgan fingerprint density at radius 3 is 2.50 bits per heavy atom. The number of rotatable bonds is 9. The van der Waals surface area contributed by atoms with E-state index in [0.29, 0.717) is 23.1 Å². The zero-order valence-electron chi connectivity index (χ0n) is 21.4. The van der Waals surface area contributed by atoms with Crippen molar-refractivity contribution in [3.63, 3.8) is 0 Å². The number of benzene rings is 1. The average molecular weight is 532 g/mol. The number of nitrogen functional groups attached to an aromatic ring is 1. The number of pyridine rings is 2. The fourth-order valence-electron chi connectivity index (χ4n) is 5.12. The predicted octanol–water partition coefficient (Wildman–Crippen LogP) is 4.88. The summed E-state index contributed by atoms with van der Waals surface area (Å²) in [7, 11) is 0. The van der Waals surface area contributed by atoms with Crippen LogP contribution in [0.4, 0.5) is 11.5 Å². The SMILES string of the molecule is CCCc1cc(N2CCC(NCC(O)c3ccc(-c4ccncc4)cc3)CC2)nc2sc(C(=O)O)c(N)c12.